The van der Waals surface area contributed by atoms with E-state index in [2.05, 4.69) is 12.2 Å². The first-order chi connectivity index (χ1) is 9.19. The minimum absolute atomic E-state index is 0.0551. The normalized spacial score (nSPS) is 11.6. The maximum absolute atomic E-state index is 8.49. The largest absolute Gasteiger partial charge is 0.479 e. The zero-order valence-electron chi connectivity index (χ0n) is 10.4. The van der Waals surface area contributed by atoms with Crippen molar-refractivity contribution in [3.05, 3.63) is 45.6 Å². The van der Waals surface area contributed by atoms with Gasteiger partial charge in [0.25, 0.3) is 0 Å². The molecule has 98 valence electrons. The van der Waals surface area contributed by atoms with Crippen molar-refractivity contribution in [2.75, 3.05) is 11.9 Å². The minimum atomic E-state index is 0.0551. The summed E-state index contributed by atoms with van der Waals surface area (Å²) < 4.78 is 6.05. The molecule has 0 amide bonds. The average Bonchev–Trinajstić information content (AvgIpc) is 2.83. The molecule has 1 N–H and O–H groups in total. The predicted octanol–water partition coefficient (Wildman–Crippen LogP) is 4.48. The molecule has 0 aliphatic rings. The maximum atomic E-state index is 8.49. The van der Waals surface area contributed by atoms with Crippen LogP contribution in [0.15, 0.2) is 36.4 Å². The van der Waals surface area contributed by atoms with Crippen LogP contribution in [0.2, 0.25) is 4.34 Å². The van der Waals surface area contributed by atoms with Crippen molar-refractivity contribution in [2.24, 2.45) is 0 Å². The van der Waals surface area contributed by atoms with Gasteiger partial charge in [0, 0.05) is 16.6 Å². The van der Waals surface area contributed by atoms with Crippen LogP contribution in [0.5, 0.6) is 5.75 Å². The lowest BCUT2D eigenvalue weighted by Gasteiger charge is -2.14. The predicted molar refractivity (Wildman–Crippen MR) is 78.9 cm³/mol. The number of anilines is 1. The average molecular weight is 293 g/mol. The second-order valence-corrected chi connectivity index (χ2v) is 5.73. The minimum Gasteiger partial charge on any atom is -0.479 e. The van der Waals surface area contributed by atoms with Crippen LogP contribution in [0.1, 0.15) is 17.8 Å². The third kappa shape index (κ3) is 3.88. The van der Waals surface area contributed by atoms with Gasteiger partial charge in [-0.25, -0.2) is 0 Å². The van der Waals surface area contributed by atoms with Gasteiger partial charge in [0.15, 0.2) is 6.61 Å². The van der Waals surface area contributed by atoms with Crippen molar-refractivity contribution in [1.29, 1.82) is 5.26 Å². The fourth-order valence-electron chi connectivity index (χ4n) is 1.67. The summed E-state index contributed by atoms with van der Waals surface area (Å²) in [5.41, 5.74) is 0.951. The molecule has 0 saturated heterocycles. The number of benzene rings is 1. The Hall–Kier alpha value is -1.70. The number of halogens is 1. The molecular weight excluding hydrogens is 280 g/mol. The maximum Gasteiger partial charge on any atom is 0.174 e. The summed E-state index contributed by atoms with van der Waals surface area (Å²) in [4.78, 5) is 1.17. The van der Waals surface area contributed by atoms with E-state index < -0.39 is 0 Å². The number of nitrogens with zero attached hydrogens (tertiary/aromatic N) is 1. The number of hydrogen-bond donors (Lipinski definition) is 1. The molecule has 0 bridgehead atoms. The molecule has 19 heavy (non-hydrogen) atoms. The molecule has 0 saturated carbocycles. The van der Waals surface area contributed by atoms with Gasteiger partial charge in [0.1, 0.15) is 11.8 Å². The van der Waals surface area contributed by atoms with Crippen LogP contribution in [0.3, 0.4) is 0 Å². The summed E-state index contributed by atoms with van der Waals surface area (Å²) in [6.45, 7) is 2.13. The molecule has 5 heteroatoms. The van der Waals surface area contributed by atoms with Crippen LogP contribution >= 0.6 is 22.9 Å². The van der Waals surface area contributed by atoms with Crippen LogP contribution in [0.4, 0.5) is 5.69 Å². The molecule has 0 fully saturated rings. The molecule has 1 unspecified atom stereocenters. The van der Waals surface area contributed by atoms with Crippen molar-refractivity contribution < 1.29 is 4.74 Å². The van der Waals surface area contributed by atoms with Crippen LogP contribution in [0.25, 0.3) is 0 Å². The van der Waals surface area contributed by atoms with Crippen LogP contribution < -0.4 is 10.1 Å². The monoisotopic (exact) mass is 292 g/mol. The highest BCUT2D eigenvalue weighted by atomic mass is 35.5. The molecule has 0 aliphatic heterocycles. The van der Waals surface area contributed by atoms with Gasteiger partial charge in [-0.3, -0.25) is 0 Å². The molecule has 1 heterocycles. The number of ether oxygens (including phenoxy) is 1. The molecule has 2 aromatic rings. The van der Waals surface area contributed by atoms with E-state index in [0.717, 1.165) is 10.0 Å². The van der Waals surface area contributed by atoms with Gasteiger partial charge in [-0.1, -0.05) is 17.7 Å². The van der Waals surface area contributed by atoms with Gasteiger partial charge in [-0.15, -0.1) is 11.3 Å². The van der Waals surface area contributed by atoms with Gasteiger partial charge >= 0.3 is 0 Å². The third-order valence-electron chi connectivity index (χ3n) is 2.54. The van der Waals surface area contributed by atoms with E-state index in [1.807, 2.05) is 42.5 Å². The Balaban J connectivity index is 2.04. The van der Waals surface area contributed by atoms with Crippen LogP contribution in [0, 0.1) is 11.3 Å². The van der Waals surface area contributed by atoms with Crippen molar-refractivity contribution in [3.63, 3.8) is 0 Å². The number of nitrogens with one attached hydrogen (secondary N) is 1. The van der Waals surface area contributed by atoms with E-state index in [1.165, 1.54) is 4.88 Å². The lowest BCUT2D eigenvalue weighted by Crippen LogP contribution is -2.05. The van der Waals surface area contributed by atoms with E-state index in [9.17, 15) is 0 Å². The SMILES string of the molecule is CC(Nc1cccc(OCC#N)c1)c1ccc(Cl)s1. The molecule has 0 spiro atoms. The van der Waals surface area contributed by atoms with Crippen LogP contribution in [-0.2, 0) is 0 Å². The van der Waals surface area contributed by atoms with Crippen molar-refractivity contribution in [3.8, 4) is 11.8 Å². The summed E-state index contributed by atoms with van der Waals surface area (Å²) in [6, 6.07) is 13.6. The van der Waals surface area contributed by atoms with Gasteiger partial charge in [0.2, 0.25) is 0 Å². The lowest BCUT2D eigenvalue weighted by molar-refractivity contribution is 0.368. The number of nitriles is 1. The van der Waals surface area contributed by atoms with Gasteiger partial charge in [-0.05, 0) is 31.2 Å². The first-order valence-corrected chi connectivity index (χ1v) is 7.00. The Morgan fingerprint density at radius 2 is 2.26 bits per heavy atom. The Morgan fingerprint density at radius 3 is 2.95 bits per heavy atom. The highest BCUT2D eigenvalue weighted by Gasteiger charge is 2.08. The Kier molecular flexibility index (Phi) is 4.67. The Labute approximate surface area is 121 Å². The summed E-state index contributed by atoms with van der Waals surface area (Å²) >= 11 is 7.49. The van der Waals surface area contributed by atoms with Crippen molar-refractivity contribution in [2.45, 2.75) is 13.0 Å². The van der Waals surface area contributed by atoms with Gasteiger partial charge in [0.05, 0.1) is 10.4 Å². The summed E-state index contributed by atoms with van der Waals surface area (Å²) in [7, 11) is 0. The second-order valence-electron chi connectivity index (χ2n) is 3.98. The third-order valence-corrected chi connectivity index (χ3v) is 3.96. The zero-order valence-corrected chi connectivity index (χ0v) is 12.0. The molecule has 0 radical (unpaired) electrons. The van der Waals surface area contributed by atoms with Crippen molar-refractivity contribution in [1.82, 2.24) is 0 Å². The summed E-state index contributed by atoms with van der Waals surface area (Å²) in [5.74, 6) is 0.683. The highest BCUT2D eigenvalue weighted by Crippen LogP contribution is 2.29. The van der Waals surface area contributed by atoms with Crippen molar-refractivity contribution >= 4 is 28.6 Å². The van der Waals surface area contributed by atoms with E-state index in [1.54, 1.807) is 11.3 Å². The second kappa shape index (κ2) is 6.46. The zero-order chi connectivity index (χ0) is 13.7. The summed E-state index contributed by atoms with van der Waals surface area (Å²) in [6.07, 6.45) is 0. The van der Waals surface area contributed by atoms with Gasteiger partial charge in [-0.2, -0.15) is 5.26 Å². The number of thiophene rings is 1. The molecular formula is C14H13ClN2OS. The molecule has 2 rings (SSSR count). The smallest absolute Gasteiger partial charge is 0.174 e. The summed E-state index contributed by atoms with van der Waals surface area (Å²) in [5, 5.41) is 11.9. The fourth-order valence-corrected chi connectivity index (χ4v) is 2.74. The van der Waals surface area contributed by atoms with E-state index in [4.69, 9.17) is 21.6 Å². The quantitative estimate of drug-likeness (QED) is 0.884. The Bertz CT molecular complexity index is 591. The van der Waals surface area contributed by atoms with Crippen LogP contribution in [-0.4, -0.2) is 6.61 Å². The number of hydrogen-bond acceptors (Lipinski definition) is 4. The fraction of sp³-hybridized carbons (Fsp3) is 0.214. The molecule has 0 aliphatic carbocycles. The highest BCUT2D eigenvalue weighted by molar-refractivity contribution is 7.16. The lowest BCUT2D eigenvalue weighted by atomic mass is 10.2. The Morgan fingerprint density at radius 1 is 1.42 bits per heavy atom. The topological polar surface area (TPSA) is 45.0 Å². The molecule has 1 aromatic carbocycles. The van der Waals surface area contributed by atoms with E-state index >= 15 is 0 Å². The van der Waals surface area contributed by atoms with Gasteiger partial charge < -0.3 is 10.1 Å². The number of rotatable bonds is 5. The van der Waals surface area contributed by atoms with E-state index in [-0.39, 0.29) is 12.6 Å². The first kappa shape index (κ1) is 13.7. The molecule has 3 nitrogen and oxygen atoms in total. The molecule has 1 atom stereocenters. The molecule has 1 aromatic heterocycles. The van der Waals surface area contributed by atoms with E-state index in [0.29, 0.717) is 5.75 Å². The standard InChI is InChI=1S/C14H13ClN2OS/c1-10(13-5-6-14(15)19-13)17-11-3-2-4-12(9-11)18-8-7-16/h2-6,9-10,17H,8H2,1H3. The first-order valence-electron chi connectivity index (χ1n) is 5.80.